The van der Waals surface area contributed by atoms with Crippen LogP contribution in [0.25, 0.3) is 0 Å². The Morgan fingerprint density at radius 2 is 2.00 bits per heavy atom. The normalized spacial score (nSPS) is 14.4. The second-order valence-electron chi connectivity index (χ2n) is 3.33. The molecule has 2 atom stereocenters. The van der Waals surface area contributed by atoms with Crippen LogP contribution in [-0.4, -0.2) is 39.0 Å². The summed E-state index contributed by atoms with van der Waals surface area (Å²) in [7, 11) is 0. The fraction of sp³-hybridized carbons (Fsp3) is 0.300. The van der Waals surface area contributed by atoms with Gasteiger partial charge in [-0.15, -0.1) is 0 Å². The molecule has 1 aromatic rings. The largest absolute Gasteiger partial charge is 0.508 e. The van der Waals surface area contributed by atoms with E-state index in [0.717, 1.165) is 12.1 Å². The van der Waals surface area contributed by atoms with Crippen LogP contribution in [0.4, 0.5) is 0 Å². The molecular formula is C10H13NO5. The Balaban J connectivity index is 3.11. The second-order valence-corrected chi connectivity index (χ2v) is 3.33. The van der Waals surface area contributed by atoms with Crippen LogP contribution < -0.4 is 5.73 Å². The number of benzene rings is 1. The first-order valence-corrected chi connectivity index (χ1v) is 4.59. The van der Waals surface area contributed by atoms with Crippen molar-refractivity contribution in [3.63, 3.8) is 0 Å². The van der Waals surface area contributed by atoms with E-state index in [-0.39, 0.29) is 23.4 Å². The predicted molar refractivity (Wildman–Crippen MR) is 55.1 cm³/mol. The number of hydrogen-bond donors (Lipinski definition) is 5. The van der Waals surface area contributed by atoms with Crippen LogP contribution in [-0.2, 0) is 0 Å². The van der Waals surface area contributed by atoms with E-state index in [4.69, 9.17) is 10.8 Å². The number of aromatic carboxylic acids is 1. The first-order chi connectivity index (χ1) is 7.47. The number of carboxylic acid groups (broad SMARTS) is 1. The van der Waals surface area contributed by atoms with Gasteiger partial charge >= 0.3 is 5.97 Å². The van der Waals surface area contributed by atoms with Gasteiger partial charge in [-0.1, -0.05) is 0 Å². The lowest BCUT2D eigenvalue weighted by Crippen LogP contribution is -2.27. The van der Waals surface area contributed by atoms with E-state index >= 15 is 0 Å². The summed E-state index contributed by atoms with van der Waals surface area (Å²) in [6.07, 6.45) is -2.67. The maximum Gasteiger partial charge on any atom is 0.335 e. The van der Waals surface area contributed by atoms with Gasteiger partial charge < -0.3 is 26.2 Å². The minimum absolute atomic E-state index is 0.0575. The third-order valence-electron chi connectivity index (χ3n) is 2.20. The molecule has 6 nitrogen and oxygen atoms in total. The number of phenolic OH excluding ortho intramolecular Hbond substituents is 1. The molecule has 0 aliphatic rings. The summed E-state index contributed by atoms with van der Waals surface area (Å²) < 4.78 is 0. The Morgan fingerprint density at radius 1 is 1.38 bits per heavy atom. The van der Waals surface area contributed by atoms with Crippen LogP contribution in [0.15, 0.2) is 18.2 Å². The molecular weight excluding hydrogens is 214 g/mol. The Hall–Kier alpha value is -1.63. The standard InChI is InChI=1S/C10H13NO5/c11-4-8(13)9(14)6-3-5(10(15)16)1-2-7(6)12/h1-3,8-9,12-14H,4,11H2,(H,15,16). The van der Waals surface area contributed by atoms with Crippen molar-refractivity contribution < 1.29 is 25.2 Å². The predicted octanol–water partition coefficient (Wildman–Crippen LogP) is -0.557. The summed E-state index contributed by atoms with van der Waals surface area (Å²) in [5, 5.41) is 37.0. The van der Waals surface area contributed by atoms with Crippen molar-refractivity contribution in [1.29, 1.82) is 0 Å². The highest BCUT2D eigenvalue weighted by molar-refractivity contribution is 5.88. The summed E-state index contributed by atoms with van der Waals surface area (Å²) >= 11 is 0. The van der Waals surface area contributed by atoms with Gasteiger partial charge in [0.05, 0.1) is 11.7 Å². The Labute approximate surface area is 91.6 Å². The van der Waals surface area contributed by atoms with Crippen molar-refractivity contribution in [3.05, 3.63) is 29.3 Å². The lowest BCUT2D eigenvalue weighted by molar-refractivity contribution is 0.0229. The molecule has 0 saturated heterocycles. The number of aromatic hydroxyl groups is 1. The van der Waals surface area contributed by atoms with Gasteiger partial charge in [-0.25, -0.2) is 4.79 Å². The van der Waals surface area contributed by atoms with Crippen molar-refractivity contribution in [2.24, 2.45) is 5.73 Å². The van der Waals surface area contributed by atoms with E-state index in [0.29, 0.717) is 0 Å². The quantitative estimate of drug-likeness (QED) is 0.470. The minimum Gasteiger partial charge on any atom is -0.508 e. The van der Waals surface area contributed by atoms with Gasteiger partial charge in [0.2, 0.25) is 0 Å². The van der Waals surface area contributed by atoms with Crippen molar-refractivity contribution >= 4 is 5.97 Å². The van der Waals surface area contributed by atoms with Crippen LogP contribution >= 0.6 is 0 Å². The van der Waals surface area contributed by atoms with E-state index in [9.17, 15) is 20.1 Å². The van der Waals surface area contributed by atoms with Crippen LogP contribution in [0.3, 0.4) is 0 Å². The summed E-state index contributed by atoms with van der Waals surface area (Å²) in [4.78, 5) is 10.7. The fourth-order valence-electron chi connectivity index (χ4n) is 1.26. The lowest BCUT2D eigenvalue weighted by Gasteiger charge is -2.17. The highest BCUT2D eigenvalue weighted by Gasteiger charge is 2.21. The van der Waals surface area contributed by atoms with E-state index in [1.54, 1.807) is 0 Å². The van der Waals surface area contributed by atoms with Gasteiger partial charge in [0.25, 0.3) is 0 Å². The molecule has 0 fully saturated rings. The van der Waals surface area contributed by atoms with Gasteiger partial charge in [-0.2, -0.15) is 0 Å². The fourth-order valence-corrected chi connectivity index (χ4v) is 1.26. The molecule has 0 saturated carbocycles. The van der Waals surface area contributed by atoms with Crippen LogP contribution in [0.1, 0.15) is 22.0 Å². The monoisotopic (exact) mass is 227 g/mol. The Morgan fingerprint density at radius 3 is 2.50 bits per heavy atom. The molecule has 16 heavy (non-hydrogen) atoms. The van der Waals surface area contributed by atoms with Crippen molar-refractivity contribution in [1.82, 2.24) is 0 Å². The maximum absolute atomic E-state index is 10.7. The molecule has 6 heteroatoms. The van der Waals surface area contributed by atoms with Gasteiger partial charge in [0.1, 0.15) is 11.9 Å². The molecule has 0 amide bonds. The van der Waals surface area contributed by atoms with Crippen LogP contribution in [0.5, 0.6) is 5.75 Å². The molecule has 1 aromatic carbocycles. The molecule has 0 bridgehead atoms. The molecule has 0 heterocycles. The van der Waals surface area contributed by atoms with E-state index in [1.165, 1.54) is 6.07 Å². The third kappa shape index (κ3) is 2.48. The molecule has 0 aliphatic carbocycles. The van der Waals surface area contributed by atoms with Crippen molar-refractivity contribution in [3.8, 4) is 5.75 Å². The topological polar surface area (TPSA) is 124 Å². The number of aliphatic hydroxyl groups is 2. The second kappa shape index (κ2) is 4.93. The van der Waals surface area contributed by atoms with Crippen LogP contribution in [0, 0.1) is 0 Å². The first kappa shape index (κ1) is 12.4. The summed E-state index contributed by atoms with van der Waals surface area (Å²) in [5.74, 6) is -1.47. The average molecular weight is 227 g/mol. The summed E-state index contributed by atoms with van der Waals surface area (Å²) in [5.41, 5.74) is 5.01. The number of carbonyl (C=O) groups is 1. The average Bonchev–Trinajstić information content (AvgIpc) is 2.27. The van der Waals surface area contributed by atoms with E-state index < -0.39 is 18.2 Å². The molecule has 1 rings (SSSR count). The lowest BCUT2D eigenvalue weighted by atomic mass is 10.0. The van der Waals surface area contributed by atoms with Gasteiger partial charge in [0.15, 0.2) is 0 Å². The smallest absolute Gasteiger partial charge is 0.335 e. The third-order valence-corrected chi connectivity index (χ3v) is 2.20. The number of rotatable bonds is 4. The van der Waals surface area contributed by atoms with Crippen molar-refractivity contribution in [2.45, 2.75) is 12.2 Å². The summed E-state index contributed by atoms with van der Waals surface area (Å²) in [6, 6.07) is 3.44. The Bertz CT molecular complexity index is 393. The van der Waals surface area contributed by atoms with Gasteiger partial charge in [-0.3, -0.25) is 0 Å². The number of carboxylic acids is 1. The van der Waals surface area contributed by atoms with Gasteiger partial charge in [-0.05, 0) is 18.2 Å². The molecule has 0 aliphatic heterocycles. The van der Waals surface area contributed by atoms with Crippen molar-refractivity contribution in [2.75, 3.05) is 6.54 Å². The zero-order chi connectivity index (χ0) is 12.3. The molecule has 2 unspecified atom stereocenters. The number of nitrogens with two attached hydrogens (primary N) is 1. The highest BCUT2D eigenvalue weighted by Crippen LogP contribution is 2.27. The van der Waals surface area contributed by atoms with E-state index in [1.807, 2.05) is 0 Å². The summed E-state index contributed by atoms with van der Waals surface area (Å²) in [6.45, 7) is -0.197. The molecule has 0 aromatic heterocycles. The zero-order valence-electron chi connectivity index (χ0n) is 8.37. The molecule has 0 radical (unpaired) electrons. The molecule has 88 valence electrons. The zero-order valence-corrected chi connectivity index (χ0v) is 8.37. The number of phenols is 1. The SMILES string of the molecule is NCC(O)C(O)c1cc(C(=O)O)ccc1O. The molecule has 6 N–H and O–H groups in total. The number of aliphatic hydroxyl groups excluding tert-OH is 2. The van der Waals surface area contributed by atoms with E-state index in [2.05, 4.69) is 0 Å². The minimum atomic E-state index is -1.41. The highest BCUT2D eigenvalue weighted by atomic mass is 16.4. The molecule has 0 spiro atoms. The maximum atomic E-state index is 10.7. The van der Waals surface area contributed by atoms with Gasteiger partial charge in [0, 0.05) is 12.1 Å². The Kier molecular flexibility index (Phi) is 3.83. The number of hydrogen-bond acceptors (Lipinski definition) is 5. The first-order valence-electron chi connectivity index (χ1n) is 4.59. The van der Waals surface area contributed by atoms with Crippen LogP contribution in [0.2, 0.25) is 0 Å².